The van der Waals surface area contributed by atoms with Crippen LogP contribution in [0, 0.1) is 5.92 Å². The highest BCUT2D eigenvalue weighted by Crippen LogP contribution is 2.28. The van der Waals surface area contributed by atoms with E-state index in [1.165, 1.54) is 38.5 Å². The van der Waals surface area contributed by atoms with Crippen LogP contribution in [-0.2, 0) is 6.42 Å². The molecule has 1 atom stereocenters. The van der Waals surface area contributed by atoms with Gasteiger partial charge in [-0.05, 0) is 18.8 Å². The van der Waals surface area contributed by atoms with Crippen molar-refractivity contribution in [1.82, 2.24) is 9.97 Å². The lowest BCUT2D eigenvalue weighted by molar-refractivity contribution is 0.330. The number of hydrogen-bond donors (Lipinski definition) is 1. The molecule has 0 amide bonds. The molecule has 1 fully saturated rings. The summed E-state index contributed by atoms with van der Waals surface area (Å²) in [5.74, 6) is 1.95. The maximum Gasteiger partial charge on any atom is 0.107 e. The van der Waals surface area contributed by atoms with Crippen LogP contribution in [0.2, 0.25) is 0 Å². The molecule has 1 aliphatic rings. The Hall–Kier alpha value is -0.500. The van der Waals surface area contributed by atoms with Gasteiger partial charge >= 0.3 is 0 Å². The van der Waals surface area contributed by atoms with Gasteiger partial charge in [0.2, 0.25) is 0 Å². The second-order valence-corrected chi connectivity index (χ2v) is 5.54. The summed E-state index contributed by atoms with van der Waals surface area (Å²) >= 11 is 6.33. The van der Waals surface area contributed by atoms with Gasteiger partial charge < -0.3 is 4.98 Å². The number of halogens is 1. The van der Waals surface area contributed by atoms with Crippen molar-refractivity contribution in [2.45, 2.75) is 56.7 Å². The molecule has 1 aromatic rings. The maximum atomic E-state index is 6.33. The maximum absolute atomic E-state index is 6.33. The molecular formula is C13H21ClN2. The average molecular weight is 241 g/mol. The largest absolute Gasteiger partial charge is 0.349 e. The monoisotopic (exact) mass is 240 g/mol. The molecule has 16 heavy (non-hydrogen) atoms. The van der Waals surface area contributed by atoms with Crippen LogP contribution in [-0.4, -0.2) is 15.3 Å². The van der Waals surface area contributed by atoms with Crippen molar-refractivity contribution in [3.8, 4) is 0 Å². The molecular weight excluding hydrogens is 220 g/mol. The van der Waals surface area contributed by atoms with Gasteiger partial charge in [0, 0.05) is 24.2 Å². The van der Waals surface area contributed by atoms with Gasteiger partial charge in [0.1, 0.15) is 5.82 Å². The molecule has 1 unspecified atom stereocenters. The third-order valence-corrected chi connectivity index (χ3v) is 3.96. The van der Waals surface area contributed by atoms with Crippen LogP contribution < -0.4 is 0 Å². The highest BCUT2D eigenvalue weighted by Gasteiger charge is 2.15. The number of rotatable bonds is 5. The van der Waals surface area contributed by atoms with E-state index in [2.05, 4.69) is 9.97 Å². The molecule has 1 aliphatic carbocycles. The molecule has 0 aromatic carbocycles. The van der Waals surface area contributed by atoms with Crippen molar-refractivity contribution >= 4 is 11.6 Å². The highest BCUT2D eigenvalue weighted by atomic mass is 35.5. The van der Waals surface area contributed by atoms with Gasteiger partial charge in [0.25, 0.3) is 0 Å². The Morgan fingerprint density at radius 3 is 2.88 bits per heavy atom. The van der Waals surface area contributed by atoms with Gasteiger partial charge in [-0.1, -0.05) is 32.1 Å². The topological polar surface area (TPSA) is 28.7 Å². The summed E-state index contributed by atoms with van der Waals surface area (Å²) in [6.45, 7) is 0. The molecule has 0 aliphatic heterocycles. The van der Waals surface area contributed by atoms with E-state index < -0.39 is 0 Å². The Bertz CT molecular complexity index is 278. The molecule has 0 saturated heterocycles. The van der Waals surface area contributed by atoms with E-state index >= 15 is 0 Å². The number of alkyl halides is 1. The minimum Gasteiger partial charge on any atom is -0.349 e. The Morgan fingerprint density at radius 2 is 2.19 bits per heavy atom. The van der Waals surface area contributed by atoms with E-state index in [-0.39, 0.29) is 5.38 Å². The van der Waals surface area contributed by atoms with Crippen molar-refractivity contribution in [3.63, 3.8) is 0 Å². The standard InChI is InChI=1S/C13H21ClN2/c14-12(10-13-15-8-9-16-13)7-6-11-4-2-1-3-5-11/h8-9,11-12H,1-7,10H2,(H,15,16). The number of imidazole rings is 1. The number of hydrogen-bond acceptors (Lipinski definition) is 1. The lowest BCUT2D eigenvalue weighted by Crippen LogP contribution is -2.11. The second-order valence-electron chi connectivity index (χ2n) is 4.92. The number of nitrogens with zero attached hydrogens (tertiary/aromatic N) is 1. The van der Waals surface area contributed by atoms with Crippen LogP contribution in [0.1, 0.15) is 50.8 Å². The zero-order chi connectivity index (χ0) is 11.2. The summed E-state index contributed by atoms with van der Waals surface area (Å²) < 4.78 is 0. The Morgan fingerprint density at radius 1 is 1.38 bits per heavy atom. The lowest BCUT2D eigenvalue weighted by Gasteiger charge is -2.22. The molecule has 0 radical (unpaired) electrons. The van der Waals surface area contributed by atoms with Gasteiger partial charge in [-0.3, -0.25) is 0 Å². The molecule has 2 nitrogen and oxygen atoms in total. The summed E-state index contributed by atoms with van der Waals surface area (Å²) in [6, 6.07) is 0. The number of aromatic amines is 1. The van der Waals surface area contributed by atoms with Crippen molar-refractivity contribution in [1.29, 1.82) is 0 Å². The van der Waals surface area contributed by atoms with E-state index in [1.807, 2.05) is 6.20 Å². The van der Waals surface area contributed by atoms with Crippen LogP contribution in [0.5, 0.6) is 0 Å². The van der Waals surface area contributed by atoms with Crippen molar-refractivity contribution < 1.29 is 0 Å². The van der Waals surface area contributed by atoms with E-state index in [1.54, 1.807) is 6.20 Å². The zero-order valence-corrected chi connectivity index (χ0v) is 10.5. The first-order valence-electron chi connectivity index (χ1n) is 6.47. The molecule has 0 spiro atoms. The Labute approximate surface area is 103 Å². The first-order chi connectivity index (χ1) is 7.84. The van der Waals surface area contributed by atoms with Crippen LogP contribution >= 0.6 is 11.6 Å². The van der Waals surface area contributed by atoms with Crippen molar-refractivity contribution in [3.05, 3.63) is 18.2 Å². The minimum absolute atomic E-state index is 0.244. The van der Waals surface area contributed by atoms with E-state index in [0.29, 0.717) is 0 Å². The molecule has 1 aromatic heterocycles. The fourth-order valence-electron chi connectivity index (χ4n) is 2.61. The highest BCUT2D eigenvalue weighted by molar-refractivity contribution is 6.20. The van der Waals surface area contributed by atoms with Crippen molar-refractivity contribution in [2.24, 2.45) is 5.92 Å². The molecule has 1 N–H and O–H groups in total. The van der Waals surface area contributed by atoms with Gasteiger partial charge in [0.15, 0.2) is 0 Å². The van der Waals surface area contributed by atoms with E-state index in [4.69, 9.17) is 11.6 Å². The van der Waals surface area contributed by atoms with Gasteiger partial charge in [-0.25, -0.2) is 4.98 Å². The van der Waals surface area contributed by atoms with Gasteiger partial charge in [-0.15, -0.1) is 11.6 Å². The normalized spacial score (nSPS) is 19.8. The van der Waals surface area contributed by atoms with Crippen LogP contribution in [0.15, 0.2) is 12.4 Å². The zero-order valence-electron chi connectivity index (χ0n) is 9.79. The SMILES string of the molecule is ClC(CCC1CCCCC1)Cc1ncc[nH]1. The quantitative estimate of drug-likeness (QED) is 0.777. The fraction of sp³-hybridized carbons (Fsp3) is 0.769. The summed E-state index contributed by atoms with van der Waals surface area (Å²) in [6.07, 6.45) is 14.1. The van der Waals surface area contributed by atoms with E-state index in [0.717, 1.165) is 24.6 Å². The third kappa shape index (κ3) is 3.82. The molecule has 1 heterocycles. The molecule has 2 rings (SSSR count). The van der Waals surface area contributed by atoms with Gasteiger partial charge in [-0.2, -0.15) is 0 Å². The van der Waals surface area contributed by atoms with Crippen LogP contribution in [0.3, 0.4) is 0 Å². The molecule has 90 valence electrons. The molecule has 3 heteroatoms. The fourth-order valence-corrected chi connectivity index (χ4v) is 2.89. The summed E-state index contributed by atoms with van der Waals surface area (Å²) in [7, 11) is 0. The van der Waals surface area contributed by atoms with Gasteiger partial charge in [0.05, 0.1) is 0 Å². The number of aromatic nitrogens is 2. The van der Waals surface area contributed by atoms with Crippen molar-refractivity contribution in [2.75, 3.05) is 0 Å². The minimum atomic E-state index is 0.244. The number of nitrogens with one attached hydrogen (secondary N) is 1. The summed E-state index contributed by atoms with van der Waals surface area (Å²) in [5, 5.41) is 0.244. The van der Waals surface area contributed by atoms with Crippen LogP contribution in [0.25, 0.3) is 0 Å². The smallest absolute Gasteiger partial charge is 0.107 e. The first kappa shape index (κ1) is 12.0. The molecule has 0 bridgehead atoms. The average Bonchev–Trinajstić information content (AvgIpc) is 2.81. The Balaban J connectivity index is 1.65. The first-order valence-corrected chi connectivity index (χ1v) is 6.90. The predicted octanol–water partition coefficient (Wildman–Crippen LogP) is 3.92. The summed E-state index contributed by atoms with van der Waals surface area (Å²) in [5.41, 5.74) is 0. The second kappa shape index (κ2) is 6.29. The number of H-pyrrole nitrogens is 1. The molecule has 1 saturated carbocycles. The summed E-state index contributed by atoms with van der Waals surface area (Å²) in [4.78, 5) is 7.32. The third-order valence-electron chi connectivity index (χ3n) is 3.58. The van der Waals surface area contributed by atoms with E-state index in [9.17, 15) is 0 Å². The lowest BCUT2D eigenvalue weighted by atomic mass is 9.85. The van der Waals surface area contributed by atoms with Crippen LogP contribution in [0.4, 0.5) is 0 Å². The Kier molecular flexibility index (Phi) is 4.70. The predicted molar refractivity (Wildman–Crippen MR) is 67.7 cm³/mol.